The van der Waals surface area contributed by atoms with Gasteiger partial charge < -0.3 is 9.42 Å². The average Bonchev–Trinajstić information content (AvgIpc) is 3.37. The number of carbonyl (C=O) groups excluding carboxylic acids is 1. The van der Waals surface area contributed by atoms with E-state index in [-0.39, 0.29) is 23.9 Å². The fourth-order valence-corrected chi connectivity index (χ4v) is 5.49. The van der Waals surface area contributed by atoms with Crippen molar-refractivity contribution in [3.63, 3.8) is 0 Å². The summed E-state index contributed by atoms with van der Waals surface area (Å²) < 4.78 is 30.7. The van der Waals surface area contributed by atoms with Crippen molar-refractivity contribution >= 4 is 27.3 Å². The van der Waals surface area contributed by atoms with Crippen LogP contribution in [0.5, 0.6) is 0 Å². The van der Waals surface area contributed by atoms with Gasteiger partial charge in [0.15, 0.2) is 15.5 Å². The van der Waals surface area contributed by atoms with Gasteiger partial charge in [-0.2, -0.15) is 0 Å². The summed E-state index contributed by atoms with van der Waals surface area (Å²) in [5.74, 6) is 0.737. The first-order valence-corrected chi connectivity index (χ1v) is 10.8. The van der Waals surface area contributed by atoms with E-state index in [9.17, 15) is 13.2 Å². The lowest BCUT2D eigenvalue weighted by Gasteiger charge is -2.18. The second kappa shape index (κ2) is 6.70. The molecule has 0 bridgehead atoms. The summed E-state index contributed by atoms with van der Waals surface area (Å²) in [6.07, 6.45) is 2.43. The van der Waals surface area contributed by atoms with Crippen molar-refractivity contribution in [3.8, 4) is 0 Å². The molecule has 0 radical (unpaired) electrons. The second-order valence-electron chi connectivity index (χ2n) is 6.85. The van der Waals surface area contributed by atoms with E-state index < -0.39 is 15.1 Å². The number of halogens is 1. The number of carbonyl (C=O) groups is 1. The normalized spacial score (nSPS) is 22.8. The van der Waals surface area contributed by atoms with Gasteiger partial charge in [-0.25, -0.2) is 8.42 Å². The Morgan fingerprint density at radius 1 is 1.19 bits per heavy atom. The van der Waals surface area contributed by atoms with Crippen molar-refractivity contribution in [2.24, 2.45) is 0 Å². The summed E-state index contributed by atoms with van der Waals surface area (Å²) in [5.41, 5.74) is 0.849. The van der Waals surface area contributed by atoms with Crippen LogP contribution in [-0.2, 0) is 9.84 Å². The molecule has 2 heterocycles. The molecule has 1 aromatic heterocycles. The third-order valence-corrected chi connectivity index (χ3v) is 7.46. The first kappa shape index (κ1) is 17.5. The molecule has 2 fully saturated rings. The van der Waals surface area contributed by atoms with Gasteiger partial charge in [0.25, 0.3) is 5.91 Å². The standard InChI is InChI=1S/C18H19ClN2O4S/c19-14-4-2-1-3-13(14)17-7-8-21(9-10-26(17,23)24)18(22)15-11-16(25-20-15)12-5-6-12/h1-4,11-12,17H,5-10H2/t17-/m0/s1. The number of aromatic nitrogens is 1. The number of hydrogen-bond acceptors (Lipinski definition) is 5. The van der Waals surface area contributed by atoms with Crippen LogP contribution in [0.4, 0.5) is 0 Å². The Morgan fingerprint density at radius 2 is 1.96 bits per heavy atom. The zero-order valence-electron chi connectivity index (χ0n) is 14.1. The van der Waals surface area contributed by atoms with Gasteiger partial charge in [0.05, 0.1) is 11.0 Å². The molecule has 0 unspecified atom stereocenters. The predicted molar refractivity (Wildman–Crippen MR) is 97.0 cm³/mol. The maximum atomic E-state index is 12.7. The van der Waals surface area contributed by atoms with Crippen molar-refractivity contribution in [1.29, 1.82) is 0 Å². The van der Waals surface area contributed by atoms with Crippen LogP contribution in [0.2, 0.25) is 5.02 Å². The van der Waals surface area contributed by atoms with Crippen LogP contribution in [0.3, 0.4) is 0 Å². The Labute approximate surface area is 157 Å². The molecule has 26 heavy (non-hydrogen) atoms. The van der Waals surface area contributed by atoms with Crippen LogP contribution >= 0.6 is 11.6 Å². The lowest BCUT2D eigenvalue weighted by atomic mass is 10.1. The molecule has 4 rings (SSSR count). The van der Waals surface area contributed by atoms with Gasteiger partial charge in [-0.05, 0) is 30.9 Å². The summed E-state index contributed by atoms with van der Waals surface area (Å²) >= 11 is 6.20. The van der Waals surface area contributed by atoms with Crippen molar-refractivity contribution < 1.29 is 17.7 Å². The summed E-state index contributed by atoms with van der Waals surface area (Å²) in [6, 6.07) is 8.66. The Kier molecular flexibility index (Phi) is 4.52. The number of sulfone groups is 1. The fraction of sp³-hybridized carbons (Fsp3) is 0.444. The SMILES string of the molecule is O=C(c1cc(C2CC2)on1)N1CC[C@@H](c2ccccc2Cl)S(=O)(=O)CC1. The molecule has 2 aliphatic rings. The van der Waals surface area contributed by atoms with Gasteiger partial charge >= 0.3 is 0 Å². The predicted octanol–water partition coefficient (Wildman–Crippen LogP) is 3.21. The highest BCUT2D eigenvalue weighted by Gasteiger charge is 2.35. The monoisotopic (exact) mass is 394 g/mol. The highest BCUT2D eigenvalue weighted by Crippen LogP contribution is 2.40. The van der Waals surface area contributed by atoms with E-state index in [0.29, 0.717) is 29.5 Å². The van der Waals surface area contributed by atoms with Gasteiger partial charge in [-0.15, -0.1) is 0 Å². The Bertz CT molecular complexity index is 936. The first-order chi connectivity index (χ1) is 12.5. The lowest BCUT2D eigenvalue weighted by molar-refractivity contribution is 0.0756. The molecule has 1 saturated heterocycles. The Balaban J connectivity index is 1.54. The fourth-order valence-electron chi connectivity index (χ4n) is 3.34. The quantitative estimate of drug-likeness (QED) is 0.798. The zero-order chi connectivity index (χ0) is 18.3. The van der Waals surface area contributed by atoms with E-state index in [2.05, 4.69) is 5.16 Å². The van der Waals surface area contributed by atoms with Gasteiger partial charge in [-0.1, -0.05) is 35.0 Å². The molecule has 0 spiro atoms. The van der Waals surface area contributed by atoms with E-state index >= 15 is 0 Å². The van der Waals surface area contributed by atoms with Crippen molar-refractivity contribution in [1.82, 2.24) is 10.1 Å². The van der Waals surface area contributed by atoms with E-state index in [1.807, 2.05) is 0 Å². The van der Waals surface area contributed by atoms with E-state index in [4.69, 9.17) is 16.1 Å². The van der Waals surface area contributed by atoms with Crippen LogP contribution in [0.25, 0.3) is 0 Å². The van der Waals surface area contributed by atoms with Gasteiger partial charge in [0.1, 0.15) is 5.76 Å². The third-order valence-electron chi connectivity index (χ3n) is 5.01. The number of amides is 1. The molecule has 1 saturated carbocycles. The third kappa shape index (κ3) is 3.38. The van der Waals surface area contributed by atoms with Gasteiger partial charge in [0.2, 0.25) is 0 Å². The summed E-state index contributed by atoms with van der Waals surface area (Å²) in [7, 11) is -3.40. The smallest absolute Gasteiger partial charge is 0.276 e. The average molecular weight is 395 g/mol. The number of nitrogens with zero attached hydrogens (tertiary/aromatic N) is 2. The number of hydrogen-bond donors (Lipinski definition) is 0. The van der Waals surface area contributed by atoms with Crippen molar-refractivity contribution in [2.45, 2.75) is 30.4 Å². The first-order valence-electron chi connectivity index (χ1n) is 8.67. The molecule has 138 valence electrons. The molecule has 1 amide bonds. The molecule has 1 aromatic carbocycles. The van der Waals surface area contributed by atoms with E-state index in [1.165, 1.54) is 0 Å². The van der Waals surface area contributed by atoms with Crippen LogP contribution in [0.15, 0.2) is 34.9 Å². The topological polar surface area (TPSA) is 80.5 Å². The molecule has 0 N–H and O–H groups in total. The van der Waals surface area contributed by atoms with Crippen LogP contribution in [-0.4, -0.2) is 43.2 Å². The molecule has 1 atom stereocenters. The largest absolute Gasteiger partial charge is 0.360 e. The van der Waals surface area contributed by atoms with Gasteiger partial charge in [-0.3, -0.25) is 4.79 Å². The lowest BCUT2D eigenvalue weighted by Crippen LogP contribution is -2.33. The van der Waals surface area contributed by atoms with Crippen molar-refractivity contribution in [3.05, 3.63) is 52.4 Å². The highest BCUT2D eigenvalue weighted by molar-refractivity contribution is 7.91. The molecular weight excluding hydrogens is 376 g/mol. The van der Waals surface area contributed by atoms with Crippen molar-refractivity contribution in [2.75, 3.05) is 18.8 Å². The minimum Gasteiger partial charge on any atom is -0.360 e. The number of rotatable bonds is 3. The van der Waals surface area contributed by atoms with E-state index in [1.54, 1.807) is 35.2 Å². The number of benzene rings is 1. The Morgan fingerprint density at radius 3 is 2.69 bits per heavy atom. The zero-order valence-corrected chi connectivity index (χ0v) is 15.7. The minimum atomic E-state index is -3.40. The second-order valence-corrected chi connectivity index (χ2v) is 9.56. The summed E-state index contributed by atoms with van der Waals surface area (Å²) in [6.45, 7) is 0.479. The summed E-state index contributed by atoms with van der Waals surface area (Å²) in [4.78, 5) is 14.3. The Hall–Kier alpha value is -1.86. The highest BCUT2D eigenvalue weighted by atomic mass is 35.5. The van der Waals surface area contributed by atoms with Gasteiger partial charge in [0, 0.05) is 30.1 Å². The van der Waals surface area contributed by atoms with E-state index in [0.717, 1.165) is 18.6 Å². The van der Waals surface area contributed by atoms with Crippen LogP contribution in [0, 0.1) is 0 Å². The maximum Gasteiger partial charge on any atom is 0.276 e. The molecule has 1 aliphatic carbocycles. The minimum absolute atomic E-state index is 0.0953. The molecule has 1 aliphatic heterocycles. The molecule has 2 aromatic rings. The summed E-state index contributed by atoms with van der Waals surface area (Å²) in [5, 5.41) is 3.61. The van der Waals surface area contributed by atoms with Crippen LogP contribution < -0.4 is 0 Å². The molecule has 6 nitrogen and oxygen atoms in total. The molecular formula is C18H19ClN2O4S. The maximum absolute atomic E-state index is 12.7. The molecule has 8 heteroatoms. The van der Waals surface area contributed by atoms with Crippen LogP contribution in [0.1, 0.15) is 52.2 Å².